The first-order valence-electron chi connectivity index (χ1n) is 9.21. The van der Waals surface area contributed by atoms with Gasteiger partial charge in [0.15, 0.2) is 0 Å². The Morgan fingerprint density at radius 3 is 2.89 bits per heavy atom. The van der Waals surface area contributed by atoms with Crippen LogP contribution in [0.4, 0.5) is 5.69 Å². The summed E-state index contributed by atoms with van der Waals surface area (Å²) in [5.41, 5.74) is 6.90. The molecule has 1 atom stereocenters. The van der Waals surface area contributed by atoms with Crippen LogP contribution in [-0.2, 0) is 14.3 Å². The number of hydrogen-bond acceptors (Lipinski definition) is 5. The van der Waals surface area contributed by atoms with E-state index in [1.165, 1.54) is 4.90 Å². The second kappa shape index (κ2) is 8.39. The molecule has 0 spiro atoms. The van der Waals surface area contributed by atoms with E-state index in [9.17, 15) is 14.4 Å². The van der Waals surface area contributed by atoms with Gasteiger partial charge in [-0.15, -0.1) is 0 Å². The lowest BCUT2D eigenvalue weighted by Gasteiger charge is -2.31. The summed E-state index contributed by atoms with van der Waals surface area (Å²) in [6, 6.07) is 6.91. The maximum absolute atomic E-state index is 12.8. The fourth-order valence-electron chi connectivity index (χ4n) is 3.55. The van der Waals surface area contributed by atoms with Crippen LogP contribution in [-0.4, -0.2) is 84.9 Å². The van der Waals surface area contributed by atoms with Gasteiger partial charge in [-0.3, -0.25) is 14.4 Å². The van der Waals surface area contributed by atoms with Crippen LogP contribution < -0.4 is 5.73 Å². The summed E-state index contributed by atoms with van der Waals surface area (Å²) in [6.07, 6.45) is 1.75. The van der Waals surface area contributed by atoms with Gasteiger partial charge in [0.1, 0.15) is 6.61 Å². The average Bonchev–Trinajstić information content (AvgIpc) is 3.11. The van der Waals surface area contributed by atoms with Gasteiger partial charge in [-0.2, -0.15) is 0 Å². The Morgan fingerprint density at radius 1 is 1.33 bits per heavy atom. The third-order valence-electron chi connectivity index (χ3n) is 5.09. The highest BCUT2D eigenvalue weighted by atomic mass is 16.5. The summed E-state index contributed by atoms with van der Waals surface area (Å²) >= 11 is 0. The average molecular weight is 374 g/mol. The van der Waals surface area contributed by atoms with Gasteiger partial charge in [0.25, 0.3) is 5.91 Å². The van der Waals surface area contributed by atoms with Crippen molar-refractivity contribution in [1.82, 2.24) is 14.7 Å². The Labute approximate surface area is 158 Å². The molecule has 8 nitrogen and oxygen atoms in total. The van der Waals surface area contributed by atoms with Crippen molar-refractivity contribution in [3.63, 3.8) is 0 Å². The van der Waals surface area contributed by atoms with Gasteiger partial charge in [-0.25, -0.2) is 0 Å². The van der Waals surface area contributed by atoms with E-state index >= 15 is 0 Å². The number of likely N-dealkylation sites (tertiary alicyclic amines) is 1. The van der Waals surface area contributed by atoms with E-state index in [1.807, 2.05) is 4.90 Å². The van der Waals surface area contributed by atoms with Crippen molar-refractivity contribution >= 4 is 23.4 Å². The first-order chi connectivity index (χ1) is 13.0. The molecule has 2 aliphatic rings. The van der Waals surface area contributed by atoms with Crippen molar-refractivity contribution in [1.29, 1.82) is 0 Å². The number of hydrogen-bond donors (Lipinski definition) is 1. The predicted octanol–water partition coefficient (Wildman–Crippen LogP) is 0.191. The lowest BCUT2D eigenvalue weighted by atomic mass is 10.1. The van der Waals surface area contributed by atoms with E-state index in [0.29, 0.717) is 37.5 Å². The molecular formula is C19H26N4O4. The highest BCUT2D eigenvalue weighted by Gasteiger charge is 2.32. The van der Waals surface area contributed by atoms with Crippen LogP contribution in [0.1, 0.15) is 23.2 Å². The number of nitrogens with two attached hydrogens (primary N) is 1. The molecule has 3 amide bonds. The molecule has 0 saturated carbocycles. The monoisotopic (exact) mass is 374 g/mol. The minimum atomic E-state index is -0.165. The fraction of sp³-hybridized carbons (Fsp3) is 0.526. The molecule has 2 heterocycles. The van der Waals surface area contributed by atoms with Gasteiger partial charge < -0.3 is 25.2 Å². The normalized spacial score (nSPS) is 20.0. The van der Waals surface area contributed by atoms with Gasteiger partial charge >= 0.3 is 0 Å². The van der Waals surface area contributed by atoms with Crippen LogP contribution in [0.25, 0.3) is 0 Å². The van der Waals surface area contributed by atoms with Crippen LogP contribution in [0.15, 0.2) is 24.3 Å². The van der Waals surface area contributed by atoms with Gasteiger partial charge in [0.05, 0.1) is 13.2 Å². The third-order valence-corrected chi connectivity index (χ3v) is 5.09. The number of nitrogen functional groups attached to an aromatic ring is 1. The van der Waals surface area contributed by atoms with E-state index in [0.717, 1.165) is 12.8 Å². The molecule has 3 rings (SSSR count). The number of amides is 3. The lowest BCUT2D eigenvalue weighted by molar-refractivity contribution is -0.148. The molecule has 0 unspecified atom stereocenters. The molecule has 0 aliphatic carbocycles. The number of benzene rings is 1. The second-order valence-electron chi connectivity index (χ2n) is 7.06. The molecule has 8 heteroatoms. The lowest BCUT2D eigenvalue weighted by Crippen LogP contribution is -2.49. The summed E-state index contributed by atoms with van der Waals surface area (Å²) < 4.78 is 5.08. The number of morpholine rings is 1. The van der Waals surface area contributed by atoms with Crippen molar-refractivity contribution in [2.45, 2.75) is 18.9 Å². The highest BCUT2D eigenvalue weighted by Crippen LogP contribution is 2.21. The molecule has 0 aromatic heterocycles. The molecule has 2 aliphatic heterocycles. The zero-order chi connectivity index (χ0) is 19.4. The van der Waals surface area contributed by atoms with Gasteiger partial charge in [-0.1, -0.05) is 6.07 Å². The summed E-state index contributed by atoms with van der Waals surface area (Å²) in [5.74, 6) is -0.357. The molecule has 27 heavy (non-hydrogen) atoms. The Balaban J connectivity index is 1.59. The molecule has 1 aromatic carbocycles. The van der Waals surface area contributed by atoms with E-state index in [-0.39, 0.29) is 36.9 Å². The fourth-order valence-corrected chi connectivity index (χ4v) is 3.55. The summed E-state index contributed by atoms with van der Waals surface area (Å²) in [5, 5.41) is 0. The van der Waals surface area contributed by atoms with Crippen molar-refractivity contribution in [3.05, 3.63) is 29.8 Å². The molecule has 2 fully saturated rings. The summed E-state index contributed by atoms with van der Waals surface area (Å²) in [6.45, 7) is 2.08. The minimum absolute atomic E-state index is 0.0299. The molecule has 146 valence electrons. The maximum Gasteiger partial charge on any atom is 0.254 e. The van der Waals surface area contributed by atoms with E-state index in [4.69, 9.17) is 10.5 Å². The molecule has 2 N–H and O–H groups in total. The van der Waals surface area contributed by atoms with Crippen molar-refractivity contribution in [3.8, 4) is 0 Å². The third kappa shape index (κ3) is 4.57. The SMILES string of the molecule is CN(C[C@@H]1CCCN1C(=O)c1cccc(N)c1)C(=O)CN1CCOCC1=O. The number of carbonyl (C=O) groups excluding carboxylic acids is 3. The molecular weight excluding hydrogens is 348 g/mol. The Bertz CT molecular complexity index is 723. The summed E-state index contributed by atoms with van der Waals surface area (Å²) in [4.78, 5) is 42.1. The predicted molar refractivity (Wildman–Crippen MR) is 99.9 cm³/mol. The quantitative estimate of drug-likeness (QED) is 0.743. The molecule has 1 aromatic rings. The number of anilines is 1. The minimum Gasteiger partial charge on any atom is -0.399 e. The van der Waals surface area contributed by atoms with E-state index in [2.05, 4.69) is 0 Å². The highest BCUT2D eigenvalue weighted by molar-refractivity contribution is 5.95. The van der Waals surface area contributed by atoms with Gasteiger partial charge in [0, 0.05) is 44.0 Å². The van der Waals surface area contributed by atoms with E-state index in [1.54, 1.807) is 36.2 Å². The molecule has 2 saturated heterocycles. The zero-order valence-electron chi connectivity index (χ0n) is 15.6. The standard InChI is InChI=1S/C19H26N4O4/c1-21(17(24)12-22-8-9-27-13-18(22)25)11-16-6-3-7-23(16)19(26)14-4-2-5-15(20)10-14/h2,4-5,10,16H,3,6-9,11-13,20H2,1H3/t16-/m0/s1. The Kier molecular flexibility index (Phi) is 5.95. The Hall–Kier alpha value is -2.61. The molecule has 0 bridgehead atoms. The van der Waals surface area contributed by atoms with Crippen LogP contribution in [0.3, 0.4) is 0 Å². The first kappa shape index (κ1) is 19.2. The van der Waals surface area contributed by atoms with Gasteiger partial charge in [0.2, 0.25) is 11.8 Å². The largest absolute Gasteiger partial charge is 0.399 e. The summed E-state index contributed by atoms with van der Waals surface area (Å²) in [7, 11) is 1.72. The maximum atomic E-state index is 12.8. The number of carbonyl (C=O) groups is 3. The van der Waals surface area contributed by atoms with Crippen molar-refractivity contribution in [2.24, 2.45) is 0 Å². The second-order valence-corrected chi connectivity index (χ2v) is 7.06. The number of rotatable bonds is 5. The molecule has 0 radical (unpaired) electrons. The van der Waals surface area contributed by atoms with Gasteiger partial charge in [-0.05, 0) is 31.0 Å². The van der Waals surface area contributed by atoms with Crippen LogP contribution in [0.2, 0.25) is 0 Å². The smallest absolute Gasteiger partial charge is 0.254 e. The van der Waals surface area contributed by atoms with Crippen molar-refractivity contribution in [2.75, 3.05) is 52.2 Å². The van der Waals surface area contributed by atoms with Crippen LogP contribution in [0, 0.1) is 0 Å². The number of nitrogens with zero attached hydrogens (tertiary/aromatic N) is 3. The Morgan fingerprint density at radius 2 is 2.15 bits per heavy atom. The van der Waals surface area contributed by atoms with Crippen molar-refractivity contribution < 1.29 is 19.1 Å². The van der Waals surface area contributed by atoms with Crippen LogP contribution in [0.5, 0.6) is 0 Å². The zero-order valence-corrected chi connectivity index (χ0v) is 15.6. The van der Waals surface area contributed by atoms with E-state index < -0.39 is 0 Å². The number of ether oxygens (including phenoxy) is 1. The topological polar surface area (TPSA) is 96.2 Å². The number of likely N-dealkylation sites (N-methyl/N-ethyl adjacent to an activating group) is 1. The van der Waals surface area contributed by atoms with Crippen LogP contribution >= 0.6 is 0 Å². The first-order valence-corrected chi connectivity index (χ1v) is 9.21.